The van der Waals surface area contributed by atoms with Gasteiger partial charge in [0.05, 0.1) is 6.61 Å². The molecule has 0 aromatic heterocycles. The van der Waals surface area contributed by atoms with Crippen molar-refractivity contribution in [3.05, 3.63) is 0 Å². The van der Waals surface area contributed by atoms with Crippen molar-refractivity contribution in [1.29, 1.82) is 0 Å². The summed E-state index contributed by atoms with van der Waals surface area (Å²) in [5, 5.41) is 9.90. The molecule has 0 aromatic carbocycles. The topological polar surface area (TPSA) is 23.5 Å². The molecule has 1 heterocycles. The van der Waals surface area contributed by atoms with Gasteiger partial charge in [-0.2, -0.15) is 0 Å². The second-order valence-electron chi connectivity index (χ2n) is 7.37. The van der Waals surface area contributed by atoms with E-state index in [0.717, 1.165) is 11.8 Å². The summed E-state index contributed by atoms with van der Waals surface area (Å²) in [6, 6.07) is 0.449. The van der Waals surface area contributed by atoms with Gasteiger partial charge in [-0.05, 0) is 62.1 Å². The third kappa shape index (κ3) is 4.41. The highest BCUT2D eigenvalue weighted by Crippen LogP contribution is 2.40. The van der Waals surface area contributed by atoms with Crippen molar-refractivity contribution in [3.63, 3.8) is 0 Å². The minimum Gasteiger partial charge on any atom is -0.395 e. The molecule has 1 saturated heterocycles. The van der Waals surface area contributed by atoms with Gasteiger partial charge >= 0.3 is 0 Å². The molecule has 1 aliphatic heterocycles. The maximum atomic E-state index is 9.50. The van der Waals surface area contributed by atoms with Crippen molar-refractivity contribution in [2.45, 2.75) is 70.0 Å². The Balaban J connectivity index is 1.78. The van der Waals surface area contributed by atoms with Crippen LogP contribution in [0.2, 0.25) is 0 Å². The third-order valence-corrected chi connectivity index (χ3v) is 5.82. The van der Waals surface area contributed by atoms with Crippen LogP contribution in [0.4, 0.5) is 0 Å². The van der Waals surface area contributed by atoms with Crippen LogP contribution in [-0.2, 0) is 0 Å². The minimum absolute atomic E-state index is 0.355. The van der Waals surface area contributed by atoms with Crippen molar-refractivity contribution in [2.24, 2.45) is 11.8 Å². The molecule has 2 atom stereocenters. The van der Waals surface area contributed by atoms with Crippen LogP contribution < -0.4 is 0 Å². The molecule has 112 valence electrons. The SMILES string of the molecule is CC(C)(P)C1CCC(CN2CCCC[C@H]2CO)CC1. The molecular formula is C16H32NOP. The smallest absolute Gasteiger partial charge is 0.0586 e. The van der Waals surface area contributed by atoms with Crippen LogP contribution in [0.1, 0.15) is 58.8 Å². The average molecular weight is 285 g/mol. The number of nitrogens with zero attached hydrogens (tertiary/aromatic N) is 1. The first-order chi connectivity index (χ1) is 9.00. The van der Waals surface area contributed by atoms with E-state index in [1.165, 1.54) is 58.0 Å². The number of aliphatic hydroxyl groups is 1. The first-order valence-electron chi connectivity index (χ1n) is 8.14. The number of aliphatic hydroxyl groups excluding tert-OH is 1. The highest BCUT2D eigenvalue weighted by molar-refractivity contribution is 7.18. The standard InChI is InChI=1S/C16H32NOP/c1-16(2,19)14-8-6-13(7-9-14)11-17-10-4-3-5-15(17)12-18/h13-15,18H,3-12,19H2,1-2H3/t13?,14?,15-/m0/s1. The van der Waals surface area contributed by atoms with Gasteiger partial charge in [-0.25, -0.2) is 0 Å². The van der Waals surface area contributed by atoms with Gasteiger partial charge in [-0.3, -0.25) is 4.90 Å². The normalized spacial score (nSPS) is 34.4. The number of rotatable bonds is 4. The average Bonchev–Trinajstić information content (AvgIpc) is 2.39. The molecule has 0 aromatic rings. The summed E-state index contributed by atoms with van der Waals surface area (Å²) in [7, 11) is 3.03. The van der Waals surface area contributed by atoms with Gasteiger partial charge in [0.15, 0.2) is 0 Å². The van der Waals surface area contributed by atoms with Crippen molar-refractivity contribution in [2.75, 3.05) is 19.7 Å². The molecule has 1 unspecified atom stereocenters. The molecule has 2 nitrogen and oxygen atoms in total. The van der Waals surface area contributed by atoms with Gasteiger partial charge in [-0.1, -0.05) is 20.3 Å². The van der Waals surface area contributed by atoms with E-state index in [1.54, 1.807) is 0 Å². The summed E-state index contributed by atoms with van der Waals surface area (Å²) in [6.07, 6.45) is 9.37. The summed E-state index contributed by atoms with van der Waals surface area (Å²) in [5.74, 6) is 1.75. The zero-order valence-corrected chi connectivity index (χ0v) is 13.9. The first kappa shape index (κ1) is 15.7. The zero-order valence-electron chi connectivity index (χ0n) is 12.8. The van der Waals surface area contributed by atoms with E-state index in [1.807, 2.05) is 0 Å². The molecule has 2 rings (SSSR count). The van der Waals surface area contributed by atoms with E-state index in [2.05, 4.69) is 28.0 Å². The van der Waals surface area contributed by atoms with E-state index < -0.39 is 0 Å². The minimum atomic E-state index is 0.355. The molecule has 19 heavy (non-hydrogen) atoms. The molecule has 1 aliphatic carbocycles. The highest BCUT2D eigenvalue weighted by Gasteiger charge is 2.31. The molecule has 2 aliphatic rings. The molecule has 0 bridgehead atoms. The zero-order chi connectivity index (χ0) is 13.9. The number of likely N-dealkylation sites (tertiary alicyclic amines) is 1. The lowest BCUT2D eigenvalue weighted by molar-refractivity contribution is 0.0648. The first-order valence-corrected chi connectivity index (χ1v) is 8.72. The van der Waals surface area contributed by atoms with Gasteiger partial charge in [0.2, 0.25) is 0 Å². The van der Waals surface area contributed by atoms with Crippen LogP contribution in [-0.4, -0.2) is 40.9 Å². The number of hydrogen-bond donors (Lipinski definition) is 1. The third-order valence-electron chi connectivity index (χ3n) is 5.35. The second kappa shape index (κ2) is 6.87. The predicted molar refractivity (Wildman–Crippen MR) is 85.5 cm³/mol. The van der Waals surface area contributed by atoms with E-state index in [0.29, 0.717) is 17.8 Å². The molecule has 3 heteroatoms. The summed E-state index contributed by atoms with van der Waals surface area (Å²) in [6.45, 7) is 7.51. The Morgan fingerprint density at radius 1 is 1.11 bits per heavy atom. The van der Waals surface area contributed by atoms with Crippen LogP contribution >= 0.6 is 9.24 Å². The molecular weight excluding hydrogens is 253 g/mol. The fourth-order valence-corrected chi connectivity index (χ4v) is 4.26. The number of hydrogen-bond acceptors (Lipinski definition) is 2. The second-order valence-corrected chi connectivity index (χ2v) is 8.85. The molecule has 0 radical (unpaired) electrons. The van der Waals surface area contributed by atoms with Crippen LogP contribution in [0, 0.1) is 11.8 Å². The van der Waals surface area contributed by atoms with Gasteiger partial charge in [0.25, 0.3) is 0 Å². The molecule has 0 amide bonds. The molecule has 1 N–H and O–H groups in total. The van der Waals surface area contributed by atoms with Gasteiger partial charge in [0.1, 0.15) is 0 Å². The lowest BCUT2D eigenvalue weighted by atomic mass is 9.76. The maximum absolute atomic E-state index is 9.50. The molecule has 1 saturated carbocycles. The van der Waals surface area contributed by atoms with Crippen molar-refractivity contribution in [3.8, 4) is 0 Å². The summed E-state index contributed by atoms with van der Waals surface area (Å²) < 4.78 is 0. The number of piperidine rings is 1. The van der Waals surface area contributed by atoms with Crippen molar-refractivity contribution >= 4 is 9.24 Å². The Morgan fingerprint density at radius 3 is 2.37 bits per heavy atom. The van der Waals surface area contributed by atoms with E-state index >= 15 is 0 Å². The Kier molecular flexibility index (Phi) is 5.69. The van der Waals surface area contributed by atoms with Crippen LogP contribution in [0.15, 0.2) is 0 Å². The Labute approximate surface area is 121 Å². The van der Waals surface area contributed by atoms with Crippen LogP contribution in [0.5, 0.6) is 0 Å². The fourth-order valence-electron chi connectivity index (χ4n) is 3.93. The van der Waals surface area contributed by atoms with Gasteiger partial charge in [-0.15, -0.1) is 9.24 Å². The van der Waals surface area contributed by atoms with Gasteiger partial charge in [0, 0.05) is 12.6 Å². The lowest BCUT2D eigenvalue weighted by Crippen LogP contribution is -2.45. The largest absolute Gasteiger partial charge is 0.395 e. The Bertz CT molecular complexity index is 268. The maximum Gasteiger partial charge on any atom is 0.0586 e. The monoisotopic (exact) mass is 285 g/mol. The summed E-state index contributed by atoms with van der Waals surface area (Å²) in [4.78, 5) is 2.57. The lowest BCUT2D eigenvalue weighted by Gasteiger charge is -2.41. The van der Waals surface area contributed by atoms with Crippen molar-refractivity contribution < 1.29 is 5.11 Å². The summed E-state index contributed by atoms with van der Waals surface area (Å²) >= 11 is 0. The Hall–Kier alpha value is 0.350. The van der Waals surface area contributed by atoms with Crippen LogP contribution in [0.3, 0.4) is 0 Å². The quantitative estimate of drug-likeness (QED) is 0.801. The predicted octanol–water partition coefficient (Wildman–Crippen LogP) is 3.29. The Morgan fingerprint density at radius 2 is 1.79 bits per heavy atom. The fraction of sp³-hybridized carbons (Fsp3) is 1.00. The van der Waals surface area contributed by atoms with E-state index in [9.17, 15) is 5.11 Å². The van der Waals surface area contributed by atoms with Gasteiger partial charge < -0.3 is 5.11 Å². The van der Waals surface area contributed by atoms with E-state index in [4.69, 9.17) is 0 Å². The summed E-state index contributed by atoms with van der Waals surface area (Å²) in [5.41, 5.74) is 0. The van der Waals surface area contributed by atoms with Crippen LogP contribution in [0.25, 0.3) is 0 Å². The highest BCUT2D eigenvalue weighted by atomic mass is 31.0. The van der Waals surface area contributed by atoms with E-state index in [-0.39, 0.29) is 0 Å². The molecule has 2 fully saturated rings. The van der Waals surface area contributed by atoms with Crippen molar-refractivity contribution in [1.82, 2.24) is 4.90 Å². The molecule has 0 spiro atoms.